The van der Waals surface area contributed by atoms with Gasteiger partial charge in [0.25, 0.3) is 5.91 Å². The normalized spacial score (nSPS) is 11.8. The van der Waals surface area contributed by atoms with Gasteiger partial charge in [-0.1, -0.05) is 104 Å². The number of hydrogen-bond donors (Lipinski definition) is 1. The molecule has 0 saturated heterocycles. The van der Waals surface area contributed by atoms with Gasteiger partial charge >= 0.3 is 5.97 Å². The molecule has 0 radical (unpaired) electrons. The van der Waals surface area contributed by atoms with Crippen LogP contribution in [0.1, 0.15) is 117 Å². The maximum Gasteiger partial charge on any atom is 0.358 e. The first-order chi connectivity index (χ1) is 13.0. The second kappa shape index (κ2) is 18.1. The standard InChI is InChI=1S/C23H43NO3/c1-5-7-8-9-10-11-12-13-14-15-16-17-19-21(18-6-2)22(25)24-27-23(26)20(3)4/h21H,3,5-19H2,1-2,4H3,(H,24,25). The number of hydrogen-bond acceptors (Lipinski definition) is 3. The Bertz CT molecular complexity index is 406. The van der Waals surface area contributed by atoms with Gasteiger partial charge in [0.1, 0.15) is 0 Å². The van der Waals surface area contributed by atoms with Crippen LogP contribution in [0.25, 0.3) is 0 Å². The lowest BCUT2D eigenvalue weighted by Crippen LogP contribution is -2.33. The van der Waals surface area contributed by atoms with E-state index in [0.717, 1.165) is 25.7 Å². The van der Waals surface area contributed by atoms with Gasteiger partial charge in [-0.3, -0.25) is 4.79 Å². The first-order valence-corrected chi connectivity index (χ1v) is 11.2. The molecule has 1 atom stereocenters. The number of carbonyl (C=O) groups is 2. The molecule has 0 saturated carbocycles. The number of amides is 1. The quantitative estimate of drug-likeness (QED) is 0.174. The predicted molar refractivity (Wildman–Crippen MR) is 113 cm³/mol. The van der Waals surface area contributed by atoms with Gasteiger partial charge in [0, 0.05) is 11.5 Å². The number of hydroxylamine groups is 1. The van der Waals surface area contributed by atoms with Crippen LogP contribution in [0.5, 0.6) is 0 Å². The van der Waals surface area contributed by atoms with Crippen LogP contribution in [0.4, 0.5) is 0 Å². The van der Waals surface area contributed by atoms with E-state index in [1.807, 2.05) is 0 Å². The highest BCUT2D eigenvalue weighted by Crippen LogP contribution is 2.18. The molecule has 0 aliphatic rings. The Hall–Kier alpha value is -1.32. The molecule has 0 fully saturated rings. The summed E-state index contributed by atoms with van der Waals surface area (Å²) in [5, 5.41) is 0. The van der Waals surface area contributed by atoms with Crippen molar-refractivity contribution in [2.45, 2.75) is 117 Å². The largest absolute Gasteiger partial charge is 0.358 e. The summed E-state index contributed by atoms with van der Waals surface area (Å²) in [6.07, 6.45) is 18.4. The van der Waals surface area contributed by atoms with Crippen molar-refractivity contribution in [2.24, 2.45) is 5.92 Å². The topological polar surface area (TPSA) is 55.4 Å². The molecule has 0 aliphatic heterocycles. The van der Waals surface area contributed by atoms with Crippen LogP contribution in [0, 0.1) is 5.92 Å². The minimum Gasteiger partial charge on any atom is -0.336 e. The van der Waals surface area contributed by atoms with Gasteiger partial charge < -0.3 is 4.84 Å². The zero-order chi connectivity index (χ0) is 20.3. The molecule has 158 valence electrons. The van der Waals surface area contributed by atoms with Crippen LogP contribution in [0.3, 0.4) is 0 Å². The van der Waals surface area contributed by atoms with E-state index < -0.39 is 5.97 Å². The van der Waals surface area contributed by atoms with Crippen LogP contribution in [0.15, 0.2) is 12.2 Å². The van der Waals surface area contributed by atoms with E-state index in [0.29, 0.717) is 0 Å². The molecular formula is C23H43NO3. The Morgan fingerprint density at radius 2 is 1.26 bits per heavy atom. The Kier molecular flexibility index (Phi) is 17.2. The Morgan fingerprint density at radius 3 is 1.70 bits per heavy atom. The molecule has 0 bridgehead atoms. The van der Waals surface area contributed by atoms with Crippen LogP contribution >= 0.6 is 0 Å². The lowest BCUT2D eigenvalue weighted by molar-refractivity contribution is -0.156. The molecule has 1 unspecified atom stereocenters. The van der Waals surface area contributed by atoms with Crippen molar-refractivity contribution >= 4 is 11.9 Å². The summed E-state index contributed by atoms with van der Waals surface area (Å²) in [6.45, 7) is 9.39. The summed E-state index contributed by atoms with van der Waals surface area (Å²) >= 11 is 0. The molecule has 0 heterocycles. The van der Waals surface area contributed by atoms with E-state index in [-0.39, 0.29) is 17.4 Å². The molecule has 4 heteroatoms. The number of rotatable bonds is 17. The van der Waals surface area contributed by atoms with Crippen molar-refractivity contribution in [2.75, 3.05) is 0 Å². The van der Waals surface area contributed by atoms with Crippen LogP contribution in [-0.2, 0) is 14.4 Å². The molecule has 1 amide bonds. The molecule has 0 aromatic rings. The Balaban J connectivity index is 3.70. The van der Waals surface area contributed by atoms with Crippen molar-refractivity contribution in [1.29, 1.82) is 0 Å². The van der Waals surface area contributed by atoms with Crippen molar-refractivity contribution in [1.82, 2.24) is 5.48 Å². The highest BCUT2D eigenvalue weighted by molar-refractivity contribution is 5.88. The summed E-state index contributed by atoms with van der Waals surface area (Å²) in [6, 6.07) is 0. The van der Waals surface area contributed by atoms with E-state index in [4.69, 9.17) is 4.84 Å². The van der Waals surface area contributed by atoms with Gasteiger partial charge in [-0.2, -0.15) is 5.48 Å². The van der Waals surface area contributed by atoms with Gasteiger partial charge in [-0.15, -0.1) is 0 Å². The van der Waals surface area contributed by atoms with E-state index in [9.17, 15) is 9.59 Å². The van der Waals surface area contributed by atoms with Crippen molar-refractivity contribution < 1.29 is 14.4 Å². The van der Waals surface area contributed by atoms with Crippen LogP contribution in [0.2, 0.25) is 0 Å². The fourth-order valence-corrected chi connectivity index (χ4v) is 3.25. The van der Waals surface area contributed by atoms with E-state index in [1.165, 1.54) is 70.6 Å². The summed E-state index contributed by atoms with van der Waals surface area (Å²) in [5.74, 6) is -0.838. The van der Waals surface area contributed by atoms with E-state index in [1.54, 1.807) is 6.92 Å². The van der Waals surface area contributed by atoms with Gasteiger partial charge in [0.2, 0.25) is 0 Å². The highest BCUT2D eigenvalue weighted by atomic mass is 16.7. The third-order valence-electron chi connectivity index (χ3n) is 5.01. The third-order valence-corrected chi connectivity index (χ3v) is 5.01. The van der Waals surface area contributed by atoms with Crippen LogP contribution in [-0.4, -0.2) is 11.9 Å². The smallest absolute Gasteiger partial charge is 0.336 e. The molecule has 1 N–H and O–H groups in total. The van der Waals surface area contributed by atoms with Gasteiger partial charge in [0.05, 0.1) is 0 Å². The maximum atomic E-state index is 12.2. The third kappa shape index (κ3) is 15.4. The Morgan fingerprint density at radius 1 is 0.778 bits per heavy atom. The number of nitrogens with one attached hydrogen (secondary N) is 1. The molecule has 0 spiro atoms. The molecule has 0 aromatic carbocycles. The summed E-state index contributed by atoms with van der Waals surface area (Å²) in [7, 11) is 0. The number of carbonyl (C=O) groups excluding carboxylic acids is 2. The Labute approximate surface area is 167 Å². The minimum atomic E-state index is -0.580. The fraction of sp³-hybridized carbons (Fsp3) is 0.826. The predicted octanol–water partition coefficient (Wildman–Crippen LogP) is 6.64. The van der Waals surface area contributed by atoms with E-state index >= 15 is 0 Å². The number of unbranched alkanes of at least 4 members (excludes halogenated alkanes) is 11. The SMILES string of the molecule is C=C(C)C(=O)ONC(=O)C(CCC)CCCCCCCCCCCCCC. The molecule has 4 nitrogen and oxygen atoms in total. The van der Waals surface area contributed by atoms with Crippen molar-refractivity contribution in [3.05, 3.63) is 12.2 Å². The fourth-order valence-electron chi connectivity index (χ4n) is 3.25. The molecule has 27 heavy (non-hydrogen) atoms. The maximum absolute atomic E-state index is 12.2. The molecule has 0 aliphatic carbocycles. The molecular weight excluding hydrogens is 338 g/mol. The first-order valence-electron chi connectivity index (χ1n) is 11.2. The summed E-state index contributed by atoms with van der Waals surface area (Å²) in [4.78, 5) is 28.3. The zero-order valence-corrected chi connectivity index (χ0v) is 18.1. The average Bonchev–Trinajstić information content (AvgIpc) is 2.65. The minimum absolute atomic E-state index is 0.0731. The summed E-state index contributed by atoms with van der Waals surface area (Å²) < 4.78 is 0. The van der Waals surface area contributed by atoms with Crippen molar-refractivity contribution in [3.8, 4) is 0 Å². The van der Waals surface area contributed by atoms with Crippen LogP contribution < -0.4 is 5.48 Å². The lowest BCUT2D eigenvalue weighted by atomic mass is 9.95. The zero-order valence-electron chi connectivity index (χ0n) is 18.1. The monoisotopic (exact) mass is 381 g/mol. The lowest BCUT2D eigenvalue weighted by Gasteiger charge is -2.15. The average molecular weight is 382 g/mol. The second-order valence-electron chi connectivity index (χ2n) is 7.80. The highest BCUT2D eigenvalue weighted by Gasteiger charge is 2.18. The second-order valence-corrected chi connectivity index (χ2v) is 7.80. The first kappa shape index (κ1) is 25.7. The summed E-state index contributed by atoms with van der Waals surface area (Å²) in [5.41, 5.74) is 2.57. The van der Waals surface area contributed by atoms with Crippen molar-refractivity contribution in [3.63, 3.8) is 0 Å². The molecule has 0 aromatic heterocycles. The van der Waals surface area contributed by atoms with Gasteiger partial charge in [0.15, 0.2) is 0 Å². The van der Waals surface area contributed by atoms with Gasteiger partial charge in [-0.25, -0.2) is 4.79 Å². The van der Waals surface area contributed by atoms with E-state index in [2.05, 4.69) is 25.9 Å². The van der Waals surface area contributed by atoms with Gasteiger partial charge in [-0.05, 0) is 19.8 Å². The molecule has 0 rings (SSSR count).